The molecule has 26 heavy (non-hydrogen) atoms. The summed E-state index contributed by atoms with van der Waals surface area (Å²) in [6.07, 6.45) is 1.33. The summed E-state index contributed by atoms with van der Waals surface area (Å²) >= 11 is 1.20. The van der Waals surface area contributed by atoms with Crippen LogP contribution < -0.4 is 10.1 Å². The molecule has 1 aromatic carbocycles. The van der Waals surface area contributed by atoms with Crippen LogP contribution in [0.25, 0.3) is 0 Å². The van der Waals surface area contributed by atoms with Crippen molar-refractivity contribution in [2.24, 2.45) is 5.92 Å². The molecule has 140 valence electrons. The van der Waals surface area contributed by atoms with E-state index in [-0.39, 0.29) is 18.4 Å². The Morgan fingerprint density at radius 2 is 2.12 bits per heavy atom. The van der Waals surface area contributed by atoms with Gasteiger partial charge in [-0.05, 0) is 43.3 Å². The zero-order valence-corrected chi connectivity index (χ0v) is 16.2. The van der Waals surface area contributed by atoms with Crippen LogP contribution in [0.4, 0.5) is 5.69 Å². The average Bonchev–Trinajstić information content (AvgIpc) is 3.19. The predicted molar refractivity (Wildman–Crippen MR) is 102 cm³/mol. The second kappa shape index (κ2) is 8.20. The molecule has 1 aliphatic rings. The Balaban J connectivity index is 1.71. The number of rotatable bonds is 6. The van der Waals surface area contributed by atoms with E-state index in [1.165, 1.54) is 15.6 Å². The number of hydrogen-bond donors (Lipinski definition) is 1. The third-order valence-corrected chi connectivity index (χ3v) is 7.53. The highest BCUT2D eigenvalue weighted by molar-refractivity contribution is 7.91. The van der Waals surface area contributed by atoms with Crippen molar-refractivity contribution in [1.82, 2.24) is 4.31 Å². The van der Waals surface area contributed by atoms with Crippen LogP contribution in [-0.2, 0) is 14.8 Å². The fraction of sp³-hybridized carbons (Fsp3) is 0.389. The molecule has 0 radical (unpaired) electrons. The van der Waals surface area contributed by atoms with Crippen LogP contribution in [0.15, 0.2) is 46.0 Å². The molecule has 8 heteroatoms. The standard InChI is InChI=1S/C18H22N2O4S2/c1-2-24-16-9-4-3-8-15(16)19-18(21)14-7-5-11-20(13-14)26(22,23)17-10-6-12-25-17/h3-4,6,8-10,12,14H,2,5,7,11,13H2,1H3,(H,19,21)/t14-/m0/s1. The molecule has 1 N–H and O–H groups in total. The van der Waals surface area contributed by atoms with Gasteiger partial charge in [0.1, 0.15) is 9.96 Å². The molecule has 1 fully saturated rings. The predicted octanol–water partition coefficient (Wildman–Crippen LogP) is 3.19. The van der Waals surface area contributed by atoms with Crippen molar-refractivity contribution in [3.05, 3.63) is 41.8 Å². The summed E-state index contributed by atoms with van der Waals surface area (Å²) < 4.78 is 32.7. The molecule has 1 atom stereocenters. The van der Waals surface area contributed by atoms with Gasteiger partial charge in [-0.1, -0.05) is 18.2 Å². The average molecular weight is 395 g/mol. The molecule has 1 amide bonds. The maximum atomic E-state index is 12.7. The number of piperidine rings is 1. The molecule has 0 bridgehead atoms. The molecule has 0 spiro atoms. The second-order valence-electron chi connectivity index (χ2n) is 6.05. The maximum Gasteiger partial charge on any atom is 0.252 e. The van der Waals surface area contributed by atoms with E-state index >= 15 is 0 Å². The third kappa shape index (κ3) is 4.08. The minimum Gasteiger partial charge on any atom is -0.492 e. The SMILES string of the molecule is CCOc1ccccc1NC(=O)[C@H]1CCCN(S(=O)(=O)c2cccs2)C1. The van der Waals surface area contributed by atoms with Gasteiger partial charge in [0.15, 0.2) is 0 Å². The smallest absolute Gasteiger partial charge is 0.252 e. The summed E-state index contributed by atoms with van der Waals surface area (Å²) in [6, 6.07) is 10.6. The van der Waals surface area contributed by atoms with E-state index in [4.69, 9.17) is 4.74 Å². The van der Waals surface area contributed by atoms with Gasteiger partial charge in [-0.3, -0.25) is 4.79 Å². The Bertz CT molecular complexity index is 850. The highest BCUT2D eigenvalue weighted by atomic mass is 32.2. The number of hydrogen-bond acceptors (Lipinski definition) is 5. The lowest BCUT2D eigenvalue weighted by atomic mass is 9.98. The number of para-hydroxylation sites is 2. The van der Waals surface area contributed by atoms with Crippen LogP contribution in [0, 0.1) is 5.92 Å². The number of amides is 1. The van der Waals surface area contributed by atoms with Crippen LogP contribution in [-0.4, -0.2) is 38.3 Å². The van der Waals surface area contributed by atoms with E-state index in [9.17, 15) is 13.2 Å². The number of ether oxygens (including phenoxy) is 1. The van der Waals surface area contributed by atoms with Gasteiger partial charge in [-0.15, -0.1) is 11.3 Å². The molecular weight excluding hydrogens is 372 g/mol. The number of benzene rings is 1. The van der Waals surface area contributed by atoms with Crippen molar-refractivity contribution in [1.29, 1.82) is 0 Å². The Kier molecular flexibility index (Phi) is 5.95. The van der Waals surface area contributed by atoms with Crippen molar-refractivity contribution < 1.29 is 17.9 Å². The van der Waals surface area contributed by atoms with Gasteiger partial charge in [0.2, 0.25) is 5.91 Å². The third-order valence-electron chi connectivity index (χ3n) is 4.29. The first kappa shape index (κ1) is 18.9. The molecular formula is C18H22N2O4S2. The van der Waals surface area contributed by atoms with Crippen LogP contribution >= 0.6 is 11.3 Å². The van der Waals surface area contributed by atoms with Crippen molar-refractivity contribution in [2.75, 3.05) is 25.0 Å². The van der Waals surface area contributed by atoms with Gasteiger partial charge in [-0.25, -0.2) is 8.42 Å². The van der Waals surface area contributed by atoms with Gasteiger partial charge in [0.25, 0.3) is 10.0 Å². The van der Waals surface area contributed by atoms with E-state index in [0.29, 0.717) is 41.6 Å². The Hall–Kier alpha value is -1.90. The topological polar surface area (TPSA) is 75.7 Å². The normalized spacial score (nSPS) is 18.4. The fourth-order valence-electron chi connectivity index (χ4n) is 3.00. The number of sulfonamides is 1. The monoisotopic (exact) mass is 394 g/mol. The molecule has 0 aliphatic carbocycles. The number of anilines is 1. The van der Waals surface area contributed by atoms with Crippen LogP contribution in [0.2, 0.25) is 0 Å². The van der Waals surface area contributed by atoms with Crippen molar-refractivity contribution >= 4 is 33.0 Å². The lowest BCUT2D eigenvalue weighted by Gasteiger charge is -2.30. The minimum absolute atomic E-state index is 0.178. The number of thiophene rings is 1. The number of nitrogens with one attached hydrogen (secondary N) is 1. The summed E-state index contributed by atoms with van der Waals surface area (Å²) in [4.78, 5) is 12.7. The maximum absolute atomic E-state index is 12.7. The first-order valence-electron chi connectivity index (χ1n) is 8.58. The van der Waals surface area contributed by atoms with Crippen LogP contribution in [0.3, 0.4) is 0 Å². The summed E-state index contributed by atoms with van der Waals surface area (Å²) in [6.45, 7) is 3.03. The van der Waals surface area contributed by atoms with Crippen molar-refractivity contribution in [3.63, 3.8) is 0 Å². The molecule has 2 aromatic rings. The molecule has 1 saturated heterocycles. The molecule has 0 saturated carbocycles. The summed E-state index contributed by atoms with van der Waals surface area (Å²) in [5, 5.41) is 4.63. The zero-order valence-electron chi connectivity index (χ0n) is 14.6. The molecule has 1 aromatic heterocycles. The fourth-order valence-corrected chi connectivity index (χ4v) is 5.67. The number of carbonyl (C=O) groups is 1. The summed E-state index contributed by atoms with van der Waals surface area (Å²) in [5.41, 5.74) is 0.609. The van der Waals surface area contributed by atoms with E-state index in [0.717, 1.165) is 0 Å². The lowest BCUT2D eigenvalue weighted by molar-refractivity contribution is -0.120. The van der Waals surface area contributed by atoms with Crippen molar-refractivity contribution in [3.8, 4) is 5.75 Å². The zero-order chi connectivity index (χ0) is 18.6. The molecule has 3 rings (SSSR count). The first-order valence-corrected chi connectivity index (χ1v) is 10.9. The van der Waals surface area contributed by atoms with Crippen LogP contribution in [0.5, 0.6) is 5.75 Å². The lowest BCUT2D eigenvalue weighted by Crippen LogP contribution is -2.43. The molecule has 0 unspecified atom stereocenters. The molecule has 6 nitrogen and oxygen atoms in total. The summed E-state index contributed by atoms with van der Waals surface area (Å²) in [7, 11) is -3.53. The largest absolute Gasteiger partial charge is 0.492 e. The van der Waals surface area contributed by atoms with E-state index < -0.39 is 10.0 Å². The quantitative estimate of drug-likeness (QED) is 0.816. The second-order valence-corrected chi connectivity index (χ2v) is 9.17. The highest BCUT2D eigenvalue weighted by Gasteiger charge is 2.34. The Labute approximate surface area is 157 Å². The highest BCUT2D eigenvalue weighted by Crippen LogP contribution is 2.28. The first-order chi connectivity index (χ1) is 12.5. The van der Waals surface area contributed by atoms with Crippen LogP contribution in [0.1, 0.15) is 19.8 Å². The Morgan fingerprint density at radius 3 is 2.85 bits per heavy atom. The number of carbonyl (C=O) groups excluding carboxylic acids is 1. The van der Waals surface area contributed by atoms with Gasteiger partial charge in [0.05, 0.1) is 18.2 Å². The van der Waals surface area contributed by atoms with Gasteiger partial charge < -0.3 is 10.1 Å². The molecule has 2 heterocycles. The summed E-state index contributed by atoms with van der Waals surface area (Å²) in [5.74, 6) is 0.0543. The minimum atomic E-state index is -3.53. The van der Waals surface area contributed by atoms with E-state index in [2.05, 4.69) is 5.32 Å². The van der Waals surface area contributed by atoms with E-state index in [1.807, 2.05) is 19.1 Å². The van der Waals surface area contributed by atoms with Gasteiger partial charge >= 0.3 is 0 Å². The van der Waals surface area contributed by atoms with Gasteiger partial charge in [0, 0.05) is 13.1 Å². The van der Waals surface area contributed by atoms with E-state index in [1.54, 1.807) is 29.6 Å². The van der Waals surface area contributed by atoms with Gasteiger partial charge in [-0.2, -0.15) is 4.31 Å². The molecule has 1 aliphatic heterocycles. The van der Waals surface area contributed by atoms with Crippen molar-refractivity contribution in [2.45, 2.75) is 24.0 Å². The number of nitrogens with zero attached hydrogens (tertiary/aromatic N) is 1. The Morgan fingerprint density at radius 1 is 1.31 bits per heavy atom.